The van der Waals surface area contributed by atoms with Crippen LogP contribution in [0.3, 0.4) is 0 Å². The number of likely N-dealkylation sites (tertiary alicyclic amines) is 1. The van der Waals surface area contributed by atoms with Crippen LogP contribution in [0.1, 0.15) is 48.8 Å². The van der Waals surface area contributed by atoms with Crippen molar-refractivity contribution in [2.45, 2.75) is 38.1 Å². The van der Waals surface area contributed by atoms with Gasteiger partial charge in [0, 0.05) is 6.54 Å². The molecule has 2 aromatic rings. The average Bonchev–Trinajstić information content (AvgIpc) is 3.06. The quantitative estimate of drug-likeness (QED) is 0.913. The summed E-state index contributed by atoms with van der Waals surface area (Å²) in [5.41, 5.74) is 7.64. The van der Waals surface area contributed by atoms with Crippen molar-refractivity contribution in [3.63, 3.8) is 0 Å². The summed E-state index contributed by atoms with van der Waals surface area (Å²) in [4.78, 5) is 22.5. The molecule has 3 N–H and O–H groups in total. The second kappa shape index (κ2) is 4.81. The second-order valence-corrected chi connectivity index (χ2v) is 6.68. The number of benzene rings is 1. The summed E-state index contributed by atoms with van der Waals surface area (Å²) in [5, 5.41) is 0. The van der Waals surface area contributed by atoms with Crippen LogP contribution in [-0.4, -0.2) is 33.9 Å². The van der Waals surface area contributed by atoms with Crippen molar-refractivity contribution >= 4 is 16.9 Å². The molecule has 2 heterocycles. The van der Waals surface area contributed by atoms with Crippen LogP contribution in [-0.2, 0) is 5.54 Å². The number of fused-ring (bicyclic) bond motifs is 3. The van der Waals surface area contributed by atoms with E-state index in [-0.39, 0.29) is 5.54 Å². The van der Waals surface area contributed by atoms with Gasteiger partial charge < -0.3 is 10.7 Å². The Labute approximate surface area is 129 Å². The van der Waals surface area contributed by atoms with Gasteiger partial charge >= 0.3 is 0 Å². The minimum atomic E-state index is -0.415. The number of aromatic amines is 1. The third kappa shape index (κ3) is 1.81. The van der Waals surface area contributed by atoms with E-state index in [9.17, 15) is 4.79 Å². The van der Waals surface area contributed by atoms with Gasteiger partial charge in [0.15, 0.2) is 0 Å². The zero-order chi connectivity index (χ0) is 15.3. The average molecular weight is 298 g/mol. The van der Waals surface area contributed by atoms with E-state index in [1.54, 1.807) is 6.07 Å². The van der Waals surface area contributed by atoms with Crippen molar-refractivity contribution in [3.8, 4) is 0 Å². The summed E-state index contributed by atoms with van der Waals surface area (Å²) in [6.07, 6.45) is 4.89. The Morgan fingerprint density at radius 3 is 3.18 bits per heavy atom. The van der Waals surface area contributed by atoms with E-state index >= 15 is 0 Å². The van der Waals surface area contributed by atoms with Crippen LogP contribution in [0.5, 0.6) is 0 Å². The fourth-order valence-electron chi connectivity index (χ4n) is 4.54. The molecule has 0 radical (unpaired) electrons. The summed E-state index contributed by atoms with van der Waals surface area (Å²) in [6, 6.07) is 5.58. The number of hydrogen-bond acceptors (Lipinski definition) is 3. The van der Waals surface area contributed by atoms with Gasteiger partial charge in [0.05, 0.1) is 16.6 Å². The molecule has 1 saturated heterocycles. The molecule has 2 bridgehead atoms. The minimum Gasteiger partial charge on any atom is -0.366 e. The van der Waals surface area contributed by atoms with Crippen molar-refractivity contribution < 1.29 is 4.79 Å². The molecule has 1 amide bonds. The fraction of sp³-hybridized carbons (Fsp3) is 0.529. The van der Waals surface area contributed by atoms with Crippen LogP contribution in [0.4, 0.5) is 0 Å². The van der Waals surface area contributed by atoms with Crippen LogP contribution in [0, 0.1) is 5.92 Å². The summed E-state index contributed by atoms with van der Waals surface area (Å²) in [6.45, 7) is 4.42. The number of carbonyl (C=O) groups excluding carboxylic acids is 1. The van der Waals surface area contributed by atoms with E-state index in [2.05, 4.69) is 16.8 Å². The Bertz CT molecular complexity index is 737. The number of H-pyrrole nitrogens is 1. The number of amides is 1. The topological polar surface area (TPSA) is 75.0 Å². The van der Waals surface area contributed by atoms with Crippen LogP contribution >= 0.6 is 0 Å². The lowest BCUT2D eigenvalue weighted by atomic mass is 9.79. The number of hydrogen-bond donors (Lipinski definition) is 2. The predicted molar refractivity (Wildman–Crippen MR) is 85.5 cm³/mol. The highest BCUT2D eigenvalue weighted by molar-refractivity contribution is 6.04. The molecule has 2 fully saturated rings. The van der Waals surface area contributed by atoms with Crippen molar-refractivity contribution in [2.75, 3.05) is 13.1 Å². The van der Waals surface area contributed by atoms with E-state index in [1.165, 1.54) is 19.3 Å². The number of primary amides is 1. The Balaban J connectivity index is 1.87. The monoisotopic (exact) mass is 298 g/mol. The molecule has 2 atom stereocenters. The number of rotatable bonds is 3. The Morgan fingerprint density at radius 1 is 1.55 bits per heavy atom. The van der Waals surface area contributed by atoms with Gasteiger partial charge in [0.2, 0.25) is 0 Å². The Morgan fingerprint density at radius 2 is 2.41 bits per heavy atom. The molecule has 5 heteroatoms. The van der Waals surface area contributed by atoms with Gasteiger partial charge in [-0.1, -0.05) is 19.4 Å². The fourth-order valence-corrected chi connectivity index (χ4v) is 4.54. The molecule has 0 spiro atoms. The maximum Gasteiger partial charge on any atom is 0.250 e. The second-order valence-electron chi connectivity index (χ2n) is 6.68. The van der Waals surface area contributed by atoms with Crippen molar-refractivity contribution in [1.82, 2.24) is 14.9 Å². The standard InChI is InChI=1S/C17H22N4O/c1-2-21-10-11-5-4-8-17(21,9-11)16-19-13-7-3-6-12(15(18)22)14(13)20-16/h3,6-7,11H,2,4-5,8-10H2,1H3,(H2,18,22)(H,19,20)/t11-,17+/m1/s1. The molecule has 1 aliphatic heterocycles. The molecule has 116 valence electrons. The van der Waals surface area contributed by atoms with Gasteiger partial charge in [-0.3, -0.25) is 9.69 Å². The van der Waals surface area contributed by atoms with Crippen LogP contribution < -0.4 is 5.73 Å². The lowest BCUT2D eigenvalue weighted by molar-refractivity contribution is 0.100. The third-order valence-corrected chi connectivity index (χ3v) is 5.51. The first kappa shape index (κ1) is 13.8. The third-order valence-electron chi connectivity index (χ3n) is 5.51. The first-order chi connectivity index (χ1) is 10.6. The first-order valence-corrected chi connectivity index (χ1v) is 8.18. The van der Waals surface area contributed by atoms with Gasteiger partial charge in [-0.25, -0.2) is 4.98 Å². The number of nitrogens with one attached hydrogen (secondary N) is 1. The zero-order valence-electron chi connectivity index (χ0n) is 12.9. The zero-order valence-corrected chi connectivity index (χ0v) is 12.9. The lowest BCUT2D eigenvalue weighted by Gasteiger charge is -2.37. The van der Waals surface area contributed by atoms with E-state index in [1.807, 2.05) is 12.1 Å². The van der Waals surface area contributed by atoms with Gasteiger partial charge in [-0.2, -0.15) is 0 Å². The maximum atomic E-state index is 11.6. The largest absolute Gasteiger partial charge is 0.366 e. The number of aromatic nitrogens is 2. The molecule has 4 rings (SSSR count). The molecule has 2 aliphatic rings. The maximum absolute atomic E-state index is 11.6. The number of para-hydroxylation sites is 1. The summed E-state index contributed by atoms with van der Waals surface area (Å²) in [5.74, 6) is 1.37. The lowest BCUT2D eigenvalue weighted by Crippen LogP contribution is -2.42. The van der Waals surface area contributed by atoms with Crippen LogP contribution in [0.25, 0.3) is 11.0 Å². The summed E-state index contributed by atoms with van der Waals surface area (Å²) < 4.78 is 0. The molecular weight excluding hydrogens is 276 g/mol. The van der Waals surface area contributed by atoms with E-state index in [0.29, 0.717) is 11.1 Å². The van der Waals surface area contributed by atoms with Crippen molar-refractivity contribution in [2.24, 2.45) is 11.7 Å². The highest BCUT2D eigenvalue weighted by Crippen LogP contribution is 2.49. The SMILES string of the molecule is CCN1C[C@@H]2CCC[C@@]1(c1nc3c(C(N)=O)cccc3[nH]1)C2. The number of nitrogens with two attached hydrogens (primary N) is 1. The highest BCUT2D eigenvalue weighted by atomic mass is 16.1. The highest BCUT2D eigenvalue weighted by Gasteiger charge is 2.50. The summed E-state index contributed by atoms with van der Waals surface area (Å²) >= 11 is 0. The molecule has 1 saturated carbocycles. The van der Waals surface area contributed by atoms with Crippen molar-refractivity contribution in [1.29, 1.82) is 0 Å². The van der Waals surface area contributed by atoms with Gasteiger partial charge in [-0.15, -0.1) is 0 Å². The van der Waals surface area contributed by atoms with E-state index in [4.69, 9.17) is 10.7 Å². The normalized spacial score (nSPS) is 28.3. The number of carbonyl (C=O) groups is 1. The number of nitrogens with zero attached hydrogens (tertiary/aromatic N) is 2. The molecule has 1 aliphatic carbocycles. The number of imidazole rings is 1. The first-order valence-electron chi connectivity index (χ1n) is 8.18. The summed E-state index contributed by atoms with van der Waals surface area (Å²) in [7, 11) is 0. The minimum absolute atomic E-state index is 0.0194. The van der Waals surface area contributed by atoms with Crippen LogP contribution in [0.15, 0.2) is 18.2 Å². The molecule has 22 heavy (non-hydrogen) atoms. The van der Waals surface area contributed by atoms with Gasteiger partial charge in [0.1, 0.15) is 11.3 Å². The van der Waals surface area contributed by atoms with Gasteiger partial charge in [0.25, 0.3) is 5.91 Å². The van der Waals surface area contributed by atoms with E-state index < -0.39 is 5.91 Å². The Hall–Kier alpha value is -1.88. The molecular formula is C17H22N4O. The molecule has 1 aromatic carbocycles. The smallest absolute Gasteiger partial charge is 0.250 e. The molecule has 1 aromatic heterocycles. The van der Waals surface area contributed by atoms with Crippen molar-refractivity contribution in [3.05, 3.63) is 29.6 Å². The van der Waals surface area contributed by atoms with Crippen LogP contribution in [0.2, 0.25) is 0 Å². The predicted octanol–water partition coefficient (Wildman–Crippen LogP) is 2.38. The Kier molecular flexibility index (Phi) is 3.01. The van der Waals surface area contributed by atoms with Gasteiger partial charge in [-0.05, 0) is 43.9 Å². The van der Waals surface area contributed by atoms with E-state index in [0.717, 1.165) is 36.8 Å². The molecule has 0 unspecified atom stereocenters. The molecule has 5 nitrogen and oxygen atoms in total.